The van der Waals surface area contributed by atoms with E-state index in [1.54, 1.807) is 4.90 Å². The first-order valence-electron chi connectivity index (χ1n) is 10.1. The van der Waals surface area contributed by atoms with Crippen LogP contribution in [-0.4, -0.2) is 47.0 Å². The van der Waals surface area contributed by atoms with Crippen molar-refractivity contribution in [2.45, 2.75) is 26.4 Å². The Morgan fingerprint density at radius 2 is 2.07 bits per heavy atom. The third-order valence-electron chi connectivity index (χ3n) is 5.34. The summed E-state index contributed by atoms with van der Waals surface area (Å²) in [5.41, 5.74) is 3.57. The summed E-state index contributed by atoms with van der Waals surface area (Å²) in [5, 5.41) is 0. The molecule has 1 aliphatic heterocycles. The van der Waals surface area contributed by atoms with Gasteiger partial charge in [-0.3, -0.25) is 4.79 Å². The van der Waals surface area contributed by atoms with Gasteiger partial charge in [-0.15, -0.1) is 0 Å². The van der Waals surface area contributed by atoms with Crippen LogP contribution >= 0.6 is 0 Å². The van der Waals surface area contributed by atoms with E-state index in [4.69, 9.17) is 9.47 Å². The van der Waals surface area contributed by atoms with Crippen molar-refractivity contribution in [3.05, 3.63) is 65.6 Å². The van der Waals surface area contributed by atoms with E-state index in [1.165, 1.54) is 5.56 Å². The third kappa shape index (κ3) is 4.77. The molecule has 0 bridgehead atoms. The molecule has 1 amide bonds. The Labute approximate surface area is 171 Å². The number of pyridine rings is 1. The molecule has 1 aliphatic rings. The van der Waals surface area contributed by atoms with E-state index >= 15 is 0 Å². The highest BCUT2D eigenvalue weighted by Gasteiger charge is 2.19. The standard InChI is InChI=1S/C23H27N3O3/c1-17-6-7-22-24-20(15-26(22)13-17)16-29-21-5-3-4-19(12-21)23(27)25(2)14-18-8-10-28-11-9-18/h3-7,12-13,15,18H,8-11,14,16H2,1-2H3. The van der Waals surface area contributed by atoms with Crippen LogP contribution in [-0.2, 0) is 11.3 Å². The molecule has 6 heteroatoms. The molecule has 0 atom stereocenters. The summed E-state index contributed by atoms with van der Waals surface area (Å²) in [6.45, 7) is 4.75. The van der Waals surface area contributed by atoms with Crippen molar-refractivity contribution < 1.29 is 14.3 Å². The van der Waals surface area contributed by atoms with Gasteiger partial charge in [-0.1, -0.05) is 12.1 Å². The minimum atomic E-state index is 0.0187. The van der Waals surface area contributed by atoms with Crippen molar-refractivity contribution in [1.29, 1.82) is 0 Å². The Kier molecular flexibility index (Phi) is 5.81. The summed E-state index contributed by atoms with van der Waals surface area (Å²) in [6, 6.07) is 11.4. The molecule has 1 saturated heterocycles. The Morgan fingerprint density at radius 1 is 1.24 bits per heavy atom. The Balaban J connectivity index is 1.38. The van der Waals surface area contributed by atoms with E-state index in [2.05, 4.69) is 11.9 Å². The van der Waals surface area contributed by atoms with Crippen molar-refractivity contribution in [1.82, 2.24) is 14.3 Å². The number of benzene rings is 1. The minimum Gasteiger partial charge on any atom is -0.487 e. The number of rotatable bonds is 6. The monoisotopic (exact) mass is 393 g/mol. The zero-order valence-corrected chi connectivity index (χ0v) is 17.0. The van der Waals surface area contributed by atoms with Gasteiger partial charge in [0, 0.05) is 44.8 Å². The maximum Gasteiger partial charge on any atom is 0.253 e. The van der Waals surface area contributed by atoms with E-state index in [-0.39, 0.29) is 5.91 Å². The SMILES string of the molecule is Cc1ccc2nc(COc3cccc(C(=O)N(C)CC4CCOCC4)c3)cn2c1. The van der Waals surface area contributed by atoms with Crippen molar-refractivity contribution in [3.8, 4) is 5.75 Å². The number of ether oxygens (including phenoxy) is 2. The number of aryl methyl sites for hydroxylation is 1. The highest BCUT2D eigenvalue weighted by molar-refractivity contribution is 5.94. The molecule has 0 N–H and O–H groups in total. The molecule has 1 fully saturated rings. The predicted octanol–water partition coefficient (Wildman–Crippen LogP) is 3.72. The first-order chi connectivity index (χ1) is 14.1. The normalized spacial score (nSPS) is 14.8. The summed E-state index contributed by atoms with van der Waals surface area (Å²) < 4.78 is 13.3. The number of hydrogen-bond acceptors (Lipinski definition) is 4. The maximum atomic E-state index is 12.8. The number of imidazole rings is 1. The van der Waals surface area contributed by atoms with Gasteiger partial charge in [0.05, 0.1) is 5.69 Å². The van der Waals surface area contributed by atoms with Crippen LogP contribution in [0.1, 0.15) is 34.5 Å². The van der Waals surface area contributed by atoms with E-state index in [0.29, 0.717) is 23.8 Å². The second-order valence-electron chi connectivity index (χ2n) is 7.76. The molecule has 3 heterocycles. The fourth-order valence-corrected chi connectivity index (χ4v) is 3.72. The third-order valence-corrected chi connectivity index (χ3v) is 5.34. The molecular weight excluding hydrogens is 366 g/mol. The number of nitrogens with zero attached hydrogens (tertiary/aromatic N) is 3. The molecule has 1 aromatic carbocycles. The summed E-state index contributed by atoms with van der Waals surface area (Å²) in [5.74, 6) is 1.20. The topological polar surface area (TPSA) is 56.1 Å². The predicted molar refractivity (Wildman–Crippen MR) is 111 cm³/mol. The average Bonchev–Trinajstić information content (AvgIpc) is 3.14. The van der Waals surface area contributed by atoms with Gasteiger partial charge in [0.25, 0.3) is 5.91 Å². The lowest BCUT2D eigenvalue weighted by Gasteiger charge is -2.27. The molecular formula is C23H27N3O3. The number of hydrogen-bond donors (Lipinski definition) is 0. The largest absolute Gasteiger partial charge is 0.487 e. The van der Waals surface area contributed by atoms with Gasteiger partial charge in [0.15, 0.2) is 0 Å². The molecule has 29 heavy (non-hydrogen) atoms. The lowest BCUT2D eigenvalue weighted by atomic mass is 9.99. The van der Waals surface area contributed by atoms with Gasteiger partial charge in [0.1, 0.15) is 18.0 Å². The Bertz CT molecular complexity index is 992. The smallest absolute Gasteiger partial charge is 0.253 e. The minimum absolute atomic E-state index is 0.0187. The molecule has 152 valence electrons. The molecule has 0 spiro atoms. The Morgan fingerprint density at radius 3 is 2.90 bits per heavy atom. The van der Waals surface area contributed by atoms with Gasteiger partial charge in [-0.05, 0) is 55.5 Å². The maximum absolute atomic E-state index is 12.8. The fourth-order valence-electron chi connectivity index (χ4n) is 3.72. The zero-order chi connectivity index (χ0) is 20.2. The van der Waals surface area contributed by atoms with E-state index in [9.17, 15) is 4.79 Å². The Hall–Kier alpha value is -2.86. The van der Waals surface area contributed by atoms with Gasteiger partial charge < -0.3 is 18.8 Å². The molecule has 2 aromatic heterocycles. The highest BCUT2D eigenvalue weighted by Crippen LogP contribution is 2.19. The van der Waals surface area contributed by atoms with Gasteiger partial charge in [0.2, 0.25) is 0 Å². The second kappa shape index (κ2) is 8.66. The average molecular weight is 393 g/mol. The summed E-state index contributed by atoms with van der Waals surface area (Å²) >= 11 is 0. The zero-order valence-electron chi connectivity index (χ0n) is 17.0. The van der Waals surface area contributed by atoms with Crippen LogP contribution < -0.4 is 4.74 Å². The van der Waals surface area contributed by atoms with Crippen molar-refractivity contribution >= 4 is 11.6 Å². The van der Waals surface area contributed by atoms with Crippen LogP contribution in [0.2, 0.25) is 0 Å². The highest BCUT2D eigenvalue weighted by atomic mass is 16.5. The van der Waals surface area contributed by atoms with Crippen LogP contribution in [0.5, 0.6) is 5.75 Å². The van der Waals surface area contributed by atoms with Crippen molar-refractivity contribution in [2.75, 3.05) is 26.8 Å². The van der Waals surface area contributed by atoms with Crippen molar-refractivity contribution in [2.24, 2.45) is 5.92 Å². The van der Waals surface area contributed by atoms with Crippen LogP contribution in [0.4, 0.5) is 0 Å². The van der Waals surface area contributed by atoms with Gasteiger partial charge in [-0.2, -0.15) is 0 Å². The summed E-state index contributed by atoms with van der Waals surface area (Å²) in [6.07, 6.45) is 6.04. The molecule has 0 aliphatic carbocycles. The number of fused-ring (bicyclic) bond motifs is 1. The second-order valence-corrected chi connectivity index (χ2v) is 7.76. The molecule has 4 rings (SSSR count). The number of amides is 1. The first kappa shape index (κ1) is 19.5. The lowest BCUT2D eigenvalue weighted by Crippen LogP contribution is -2.34. The van der Waals surface area contributed by atoms with Crippen LogP contribution in [0.15, 0.2) is 48.8 Å². The van der Waals surface area contributed by atoms with Crippen LogP contribution in [0, 0.1) is 12.8 Å². The number of carbonyl (C=O) groups excluding carboxylic acids is 1. The van der Waals surface area contributed by atoms with Gasteiger partial charge >= 0.3 is 0 Å². The van der Waals surface area contributed by atoms with Gasteiger partial charge in [-0.25, -0.2) is 4.98 Å². The molecule has 3 aromatic rings. The fraction of sp³-hybridized carbons (Fsp3) is 0.391. The molecule has 0 unspecified atom stereocenters. The van der Waals surface area contributed by atoms with Crippen LogP contribution in [0.25, 0.3) is 5.65 Å². The molecule has 0 saturated carbocycles. The number of aromatic nitrogens is 2. The van der Waals surface area contributed by atoms with E-state index in [0.717, 1.165) is 43.9 Å². The number of carbonyl (C=O) groups is 1. The quantitative estimate of drug-likeness (QED) is 0.640. The first-order valence-corrected chi connectivity index (χ1v) is 10.1. The lowest BCUT2D eigenvalue weighted by molar-refractivity contribution is 0.0497. The summed E-state index contributed by atoms with van der Waals surface area (Å²) in [4.78, 5) is 19.2. The summed E-state index contributed by atoms with van der Waals surface area (Å²) in [7, 11) is 1.87. The molecule has 0 radical (unpaired) electrons. The van der Waals surface area contributed by atoms with E-state index in [1.807, 2.05) is 60.2 Å². The van der Waals surface area contributed by atoms with E-state index < -0.39 is 0 Å². The molecule has 6 nitrogen and oxygen atoms in total. The van der Waals surface area contributed by atoms with Crippen molar-refractivity contribution in [3.63, 3.8) is 0 Å². The van der Waals surface area contributed by atoms with Crippen LogP contribution in [0.3, 0.4) is 0 Å².